The number of thioether (sulfide) groups is 1. The van der Waals surface area contributed by atoms with Crippen molar-refractivity contribution in [3.05, 3.63) is 51.9 Å². The van der Waals surface area contributed by atoms with Gasteiger partial charge in [0, 0.05) is 23.0 Å². The molecule has 0 fully saturated rings. The van der Waals surface area contributed by atoms with Crippen molar-refractivity contribution in [2.45, 2.75) is 31.8 Å². The SMILES string of the molecule is CC(=O)c1ccc(NC(=O)CSc2nnc3[nH]c(=O)cc(C(C)C)n23)cc1. The van der Waals surface area contributed by atoms with Crippen LogP contribution in [0.15, 0.2) is 40.3 Å². The molecule has 27 heavy (non-hydrogen) atoms. The lowest BCUT2D eigenvalue weighted by molar-refractivity contribution is -0.113. The summed E-state index contributed by atoms with van der Waals surface area (Å²) < 4.78 is 1.76. The molecule has 0 aliphatic heterocycles. The third-order valence-electron chi connectivity index (χ3n) is 3.90. The molecule has 1 amide bonds. The van der Waals surface area contributed by atoms with Gasteiger partial charge in [-0.05, 0) is 37.1 Å². The molecule has 2 N–H and O–H groups in total. The molecule has 0 bridgehead atoms. The first kappa shape index (κ1) is 18.8. The lowest BCUT2D eigenvalue weighted by Gasteiger charge is -2.10. The largest absolute Gasteiger partial charge is 0.325 e. The molecule has 3 rings (SSSR count). The maximum atomic E-state index is 12.2. The summed E-state index contributed by atoms with van der Waals surface area (Å²) in [5, 5.41) is 11.4. The molecule has 2 heterocycles. The van der Waals surface area contributed by atoms with Gasteiger partial charge in [0.15, 0.2) is 10.9 Å². The number of nitrogens with zero attached hydrogens (tertiary/aromatic N) is 3. The normalized spacial score (nSPS) is 11.1. The summed E-state index contributed by atoms with van der Waals surface area (Å²) >= 11 is 1.23. The molecule has 0 saturated heterocycles. The Labute approximate surface area is 159 Å². The van der Waals surface area contributed by atoms with Gasteiger partial charge in [-0.1, -0.05) is 25.6 Å². The monoisotopic (exact) mass is 385 g/mol. The summed E-state index contributed by atoms with van der Waals surface area (Å²) in [5.74, 6) is 0.350. The van der Waals surface area contributed by atoms with Crippen molar-refractivity contribution in [3.63, 3.8) is 0 Å². The van der Waals surface area contributed by atoms with E-state index in [1.165, 1.54) is 24.8 Å². The fraction of sp³-hybridized carbons (Fsp3) is 0.278. The highest BCUT2D eigenvalue weighted by Gasteiger charge is 2.15. The first-order valence-electron chi connectivity index (χ1n) is 8.37. The van der Waals surface area contributed by atoms with E-state index in [0.717, 1.165) is 5.69 Å². The van der Waals surface area contributed by atoms with E-state index >= 15 is 0 Å². The van der Waals surface area contributed by atoms with Gasteiger partial charge in [0.25, 0.3) is 5.56 Å². The number of hydrogen-bond donors (Lipinski definition) is 2. The minimum Gasteiger partial charge on any atom is -0.325 e. The van der Waals surface area contributed by atoms with Crippen LogP contribution < -0.4 is 10.9 Å². The summed E-state index contributed by atoms with van der Waals surface area (Å²) in [6, 6.07) is 8.23. The van der Waals surface area contributed by atoms with Crippen molar-refractivity contribution >= 4 is 34.9 Å². The number of amides is 1. The first-order chi connectivity index (χ1) is 12.8. The minimum atomic E-state index is -0.234. The predicted molar refractivity (Wildman–Crippen MR) is 103 cm³/mol. The second-order valence-electron chi connectivity index (χ2n) is 6.33. The van der Waals surface area contributed by atoms with Gasteiger partial charge < -0.3 is 5.32 Å². The molecule has 0 unspecified atom stereocenters. The zero-order valence-corrected chi connectivity index (χ0v) is 16.0. The average Bonchev–Trinajstić information content (AvgIpc) is 3.02. The molecular formula is C18H19N5O3S. The Morgan fingerprint density at radius 2 is 1.93 bits per heavy atom. The van der Waals surface area contributed by atoms with E-state index in [4.69, 9.17) is 0 Å². The molecule has 1 aromatic carbocycles. The first-order valence-corrected chi connectivity index (χ1v) is 9.35. The van der Waals surface area contributed by atoms with Gasteiger partial charge >= 0.3 is 0 Å². The lowest BCUT2D eigenvalue weighted by atomic mass is 10.1. The number of benzene rings is 1. The number of anilines is 1. The Morgan fingerprint density at radius 1 is 1.22 bits per heavy atom. The number of aromatic nitrogens is 4. The van der Waals surface area contributed by atoms with Crippen molar-refractivity contribution < 1.29 is 9.59 Å². The molecule has 2 aromatic heterocycles. The summed E-state index contributed by atoms with van der Waals surface area (Å²) in [6.07, 6.45) is 0. The second-order valence-corrected chi connectivity index (χ2v) is 7.27. The zero-order chi connectivity index (χ0) is 19.6. The number of aromatic amines is 1. The molecule has 0 saturated carbocycles. The molecule has 0 radical (unpaired) electrons. The van der Waals surface area contributed by atoms with Crippen LogP contribution in [0.2, 0.25) is 0 Å². The Bertz CT molecular complexity index is 1050. The number of H-pyrrole nitrogens is 1. The van der Waals surface area contributed by atoms with Crippen LogP contribution in [0, 0.1) is 0 Å². The highest BCUT2D eigenvalue weighted by molar-refractivity contribution is 7.99. The van der Waals surface area contributed by atoms with Crippen molar-refractivity contribution in [1.29, 1.82) is 0 Å². The molecule has 0 aliphatic carbocycles. The van der Waals surface area contributed by atoms with E-state index in [-0.39, 0.29) is 28.9 Å². The molecular weight excluding hydrogens is 366 g/mol. The average molecular weight is 385 g/mol. The topological polar surface area (TPSA) is 109 Å². The number of nitrogens with one attached hydrogen (secondary N) is 2. The summed E-state index contributed by atoms with van der Waals surface area (Å²) in [6.45, 7) is 5.44. The Kier molecular flexibility index (Phi) is 5.41. The lowest BCUT2D eigenvalue weighted by Crippen LogP contribution is -2.15. The van der Waals surface area contributed by atoms with Crippen LogP contribution >= 0.6 is 11.8 Å². The highest BCUT2D eigenvalue weighted by atomic mass is 32.2. The number of hydrogen-bond acceptors (Lipinski definition) is 6. The maximum Gasteiger partial charge on any atom is 0.252 e. The van der Waals surface area contributed by atoms with Crippen LogP contribution in [-0.2, 0) is 4.79 Å². The Morgan fingerprint density at radius 3 is 2.56 bits per heavy atom. The van der Waals surface area contributed by atoms with E-state index in [2.05, 4.69) is 20.5 Å². The molecule has 9 heteroatoms. The fourth-order valence-electron chi connectivity index (χ4n) is 2.56. The van der Waals surface area contributed by atoms with Crippen LogP contribution in [0.1, 0.15) is 42.7 Å². The van der Waals surface area contributed by atoms with Crippen molar-refractivity contribution in [2.75, 3.05) is 11.1 Å². The number of Topliss-reactive ketones (excluding diaryl/α,β-unsaturated/α-hetero) is 1. The van der Waals surface area contributed by atoms with Gasteiger partial charge in [0.1, 0.15) is 0 Å². The van der Waals surface area contributed by atoms with Gasteiger partial charge in [0.05, 0.1) is 5.75 Å². The number of rotatable bonds is 6. The van der Waals surface area contributed by atoms with Crippen molar-refractivity contribution in [2.24, 2.45) is 0 Å². The Hall–Kier alpha value is -2.94. The fourth-order valence-corrected chi connectivity index (χ4v) is 3.31. The standard InChI is InChI=1S/C18H19N5O3S/c1-10(2)14-8-15(25)20-17-21-22-18(23(14)17)27-9-16(26)19-13-6-4-12(5-7-13)11(3)24/h4-8,10H,9H2,1-3H3,(H,19,26)(H,20,21,25). The molecule has 140 valence electrons. The van der Waals surface area contributed by atoms with Gasteiger partial charge in [0.2, 0.25) is 11.7 Å². The molecule has 0 spiro atoms. The number of carbonyl (C=O) groups is 2. The van der Waals surface area contributed by atoms with E-state index in [9.17, 15) is 14.4 Å². The number of fused-ring (bicyclic) bond motifs is 1. The van der Waals surface area contributed by atoms with Crippen molar-refractivity contribution in [3.8, 4) is 0 Å². The van der Waals surface area contributed by atoms with Gasteiger partial charge in [-0.3, -0.25) is 23.8 Å². The minimum absolute atomic E-state index is 0.0267. The van der Waals surface area contributed by atoms with E-state index < -0.39 is 0 Å². The third-order valence-corrected chi connectivity index (χ3v) is 4.83. The van der Waals surface area contributed by atoms with Gasteiger partial charge in [-0.25, -0.2) is 0 Å². The van der Waals surface area contributed by atoms with Crippen LogP contribution in [0.5, 0.6) is 0 Å². The van der Waals surface area contributed by atoms with Crippen LogP contribution in [-0.4, -0.2) is 37.0 Å². The maximum absolute atomic E-state index is 12.2. The van der Waals surface area contributed by atoms with Gasteiger partial charge in [-0.15, -0.1) is 10.2 Å². The quantitative estimate of drug-likeness (QED) is 0.498. The molecule has 8 nitrogen and oxygen atoms in total. The summed E-state index contributed by atoms with van der Waals surface area (Å²) in [5.41, 5.74) is 1.75. The number of carbonyl (C=O) groups excluding carboxylic acids is 2. The van der Waals surface area contributed by atoms with E-state index in [0.29, 0.717) is 22.2 Å². The Balaban J connectivity index is 1.72. The predicted octanol–water partition coefficient (Wildman–Crippen LogP) is 2.47. The highest BCUT2D eigenvalue weighted by Crippen LogP contribution is 2.21. The molecule has 0 aliphatic rings. The van der Waals surface area contributed by atoms with E-state index in [1.807, 2.05) is 13.8 Å². The summed E-state index contributed by atoms with van der Waals surface area (Å²) in [7, 11) is 0. The smallest absolute Gasteiger partial charge is 0.252 e. The number of ketones is 1. The zero-order valence-electron chi connectivity index (χ0n) is 15.1. The van der Waals surface area contributed by atoms with Crippen LogP contribution in [0.3, 0.4) is 0 Å². The second kappa shape index (κ2) is 7.75. The van der Waals surface area contributed by atoms with Crippen LogP contribution in [0.4, 0.5) is 5.69 Å². The van der Waals surface area contributed by atoms with E-state index in [1.54, 1.807) is 28.7 Å². The molecule has 3 aromatic rings. The van der Waals surface area contributed by atoms with Crippen LogP contribution in [0.25, 0.3) is 5.78 Å². The van der Waals surface area contributed by atoms with Gasteiger partial charge in [-0.2, -0.15) is 0 Å². The summed E-state index contributed by atoms with van der Waals surface area (Å²) in [4.78, 5) is 37.9. The van der Waals surface area contributed by atoms with Crippen molar-refractivity contribution in [1.82, 2.24) is 19.6 Å². The molecule has 0 atom stereocenters. The third kappa shape index (κ3) is 4.25.